The van der Waals surface area contributed by atoms with Crippen molar-refractivity contribution in [3.8, 4) is 0 Å². The van der Waals surface area contributed by atoms with E-state index < -0.39 is 0 Å². The zero-order valence-corrected chi connectivity index (χ0v) is 15.8. The van der Waals surface area contributed by atoms with E-state index in [0.29, 0.717) is 0 Å². The monoisotopic (exact) mass is 330 g/mol. The summed E-state index contributed by atoms with van der Waals surface area (Å²) in [5, 5.41) is 0.790. The van der Waals surface area contributed by atoms with E-state index in [1.807, 2.05) is 10.8 Å². The molecule has 4 heteroatoms. The number of hydrogen-bond donors (Lipinski definition) is 0. The average molecular weight is 330 g/mol. The van der Waals surface area contributed by atoms with Crippen molar-refractivity contribution < 1.29 is 0 Å². The van der Waals surface area contributed by atoms with Crippen LogP contribution in [0.5, 0.6) is 0 Å². The molecule has 1 aromatic heterocycles. The zero-order valence-electron chi connectivity index (χ0n) is 14.9. The molecule has 0 radical (unpaired) electrons. The summed E-state index contributed by atoms with van der Waals surface area (Å²) in [6, 6.07) is 6.09. The predicted molar refractivity (Wildman–Crippen MR) is 98.3 cm³/mol. The molecule has 0 aliphatic carbocycles. The lowest BCUT2D eigenvalue weighted by atomic mass is 9.84. The van der Waals surface area contributed by atoms with Crippen LogP contribution in [0.4, 0.5) is 0 Å². The lowest BCUT2D eigenvalue weighted by Gasteiger charge is -2.22. The first kappa shape index (κ1) is 17.8. The fourth-order valence-electron chi connectivity index (χ4n) is 2.56. The van der Waals surface area contributed by atoms with E-state index >= 15 is 0 Å². The predicted octanol–water partition coefficient (Wildman–Crippen LogP) is 4.47. The van der Waals surface area contributed by atoms with Gasteiger partial charge in [0.1, 0.15) is 0 Å². The number of aryl methyl sites for hydroxylation is 3. The zero-order chi connectivity index (χ0) is 17.2. The highest BCUT2D eigenvalue weighted by Gasteiger charge is 2.16. The molecule has 0 bridgehead atoms. The van der Waals surface area contributed by atoms with Gasteiger partial charge >= 0.3 is 0 Å². The molecule has 0 aliphatic rings. The van der Waals surface area contributed by atoms with Gasteiger partial charge in [-0.2, -0.15) is 4.98 Å². The van der Waals surface area contributed by atoms with Crippen LogP contribution in [0.1, 0.15) is 49.9 Å². The molecule has 0 saturated carbocycles. The SMILES string of the molecule is CCn1ccc(=O)nc1SCc1c(C)cc(C(C)(C)C)cc1C. The number of benzene rings is 1. The lowest BCUT2D eigenvalue weighted by molar-refractivity contribution is 0.589. The minimum Gasteiger partial charge on any atom is -0.328 e. The maximum atomic E-state index is 11.5. The highest BCUT2D eigenvalue weighted by atomic mass is 32.2. The molecule has 0 aliphatic heterocycles. The van der Waals surface area contributed by atoms with Crippen LogP contribution in [0.3, 0.4) is 0 Å². The molecule has 0 spiro atoms. The van der Waals surface area contributed by atoms with E-state index in [9.17, 15) is 4.79 Å². The van der Waals surface area contributed by atoms with E-state index in [0.717, 1.165) is 17.5 Å². The summed E-state index contributed by atoms with van der Waals surface area (Å²) >= 11 is 1.63. The van der Waals surface area contributed by atoms with Crippen molar-refractivity contribution in [3.63, 3.8) is 0 Å². The lowest BCUT2D eigenvalue weighted by Crippen LogP contribution is -2.13. The molecule has 0 amide bonds. The van der Waals surface area contributed by atoms with Crippen molar-refractivity contribution in [2.24, 2.45) is 0 Å². The van der Waals surface area contributed by atoms with E-state index in [1.54, 1.807) is 11.8 Å². The highest BCUT2D eigenvalue weighted by Crippen LogP contribution is 2.30. The molecule has 0 atom stereocenters. The van der Waals surface area contributed by atoms with Crippen molar-refractivity contribution in [1.29, 1.82) is 0 Å². The van der Waals surface area contributed by atoms with E-state index in [2.05, 4.69) is 58.7 Å². The van der Waals surface area contributed by atoms with Gasteiger partial charge in [0, 0.05) is 24.6 Å². The van der Waals surface area contributed by atoms with Crippen molar-refractivity contribution in [1.82, 2.24) is 9.55 Å². The summed E-state index contributed by atoms with van der Waals surface area (Å²) in [5.74, 6) is 0.832. The summed E-state index contributed by atoms with van der Waals surface area (Å²) in [4.78, 5) is 15.7. The quantitative estimate of drug-likeness (QED) is 0.613. The van der Waals surface area contributed by atoms with Gasteiger partial charge < -0.3 is 4.57 Å². The van der Waals surface area contributed by atoms with Gasteiger partial charge in [-0.1, -0.05) is 44.7 Å². The number of hydrogen-bond acceptors (Lipinski definition) is 3. The second-order valence-corrected chi connectivity index (χ2v) is 7.90. The molecule has 23 heavy (non-hydrogen) atoms. The Bertz CT molecular complexity index is 734. The maximum absolute atomic E-state index is 11.5. The summed E-state index contributed by atoms with van der Waals surface area (Å²) in [5.41, 5.74) is 5.31. The van der Waals surface area contributed by atoms with Crippen LogP contribution in [0.15, 0.2) is 34.3 Å². The second-order valence-electron chi connectivity index (χ2n) is 6.96. The first-order valence-electron chi connectivity index (χ1n) is 8.03. The van der Waals surface area contributed by atoms with Crippen molar-refractivity contribution in [2.45, 2.75) is 64.4 Å². The van der Waals surface area contributed by atoms with E-state index in [-0.39, 0.29) is 11.0 Å². The molecule has 2 aromatic rings. The fraction of sp³-hybridized carbons (Fsp3) is 0.474. The standard InChI is InChI=1S/C19H26N2OS/c1-7-21-9-8-17(22)20-18(21)23-12-16-13(2)10-15(11-14(16)3)19(4,5)6/h8-11H,7,12H2,1-6H3. The largest absolute Gasteiger partial charge is 0.328 e. The van der Waals surface area contributed by atoms with Crippen molar-refractivity contribution >= 4 is 11.8 Å². The van der Waals surface area contributed by atoms with E-state index in [4.69, 9.17) is 0 Å². The molecular weight excluding hydrogens is 304 g/mol. The van der Waals surface area contributed by atoms with Gasteiger partial charge in [0.25, 0.3) is 5.56 Å². The Balaban J connectivity index is 2.28. The average Bonchev–Trinajstić information content (AvgIpc) is 2.45. The van der Waals surface area contributed by atoms with E-state index in [1.165, 1.54) is 28.3 Å². The fourth-order valence-corrected chi connectivity index (χ4v) is 3.80. The maximum Gasteiger partial charge on any atom is 0.273 e. The molecule has 0 N–H and O–H groups in total. The summed E-state index contributed by atoms with van der Waals surface area (Å²) in [7, 11) is 0. The number of rotatable bonds is 4. The van der Waals surface area contributed by atoms with Gasteiger partial charge in [-0.25, -0.2) is 0 Å². The van der Waals surface area contributed by atoms with Gasteiger partial charge in [-0.3, -0.25) is 4.79 Å². The summed E-state index contributed by atoms with van der Waals surface area (Å²) < 4.78 is 2.01. The third-order valence-electron chi connectivity index (χ3n) is 4.10. The van der Waals surface area contributed by atoms with Crippen LogP contribution >= 0.6 is 11.8 Å². The van der Waals surface area contributed by atoms with Crippen LogP contribution in [0.2, 0.25) is 0 Å². The first-order chi connectivity index (χ1) is 10.7. The normalized spacial score (nSPS) is 11.7. The Labute approximate surface area is 143 Å². The molecule has 0 fully saturated rings. The summed E-state index contributed by atoms with van der Waals surface area (Å²) in [6.07, 6.45) is 1.82. The van der Waals surface area contributed by atoms with Crippen LogP contribution in [-0.2, 0) is 17.7 Å². The molecule has 3 nitrogen and oxygen atoms in total. The highest BCUT2D eigenvalue weighted by molar-refractivity contribution is 7.98. The van der Waals surface area contributed by atoms with Crippen molar-refractivity contribution in [2.75, 3.05) is 0 Å². The molecule has 1 aromatic carbocycles. The Kier molecular flexibility index (Phi) is 5.35. The van der Waals surface area contributed by atoms with Crippen molar-refractivity contribution in [3.05, 3.63) is 57.0 Å². The molecular formula is C19H26N2OS. The second kappa shape index (κ2) is 6.91. The Hall–Kier alpha value is -1.55. The molecule has 0 saturated heterocycles. The van der Waals surface area contributed by atoms with Gasteiger partial charge in [0.05, 0.1) is 0 Å². The number of aromatic nitrogens is 2. The minimum atomic E-state index is -0.172. The topological polar surface area (TPSA) is 34.9 Å². The number of thioether (sulfide) groups is 1. The molecule has 2 rings (SSSR count). The Morgan fingerprint density at radius 3 is 2.30 bits per heavy atom. The smallest absolute Gasteiger partial charge is 0.273 e. The van der Waals surface area contributed by atoms with Crippen LogP contribution in [-0.4, -0.2) is 9.55 Å². The number of nitrogens with zero attached hydrogens (tertiary/aromatic N) is 2. The van der Waals surface area contributed by atoms with Gasteiger partial charge in [-0.05, 0) is 48.4 Å². The van der Waals surface area contributed by atoms with Crippen LogP contribution in [0.25, 0.3) is 0 Å². The third-order valence-corrected chi connectivity index (χ3v) is 5.11. The van der Waals surface area contributed by atoms with Gasteiger partial charge in [-0.15, -0.1) is 0 Å². The van der Waals surface area contributed by atoms with Gasteiger partial charge in [0.2, 0.25) is 0 Å². The molecule has 0 unspecified atom stereocenters. The summed E-state index contributed by atoms with van der Waals surface area (Å²) in [6.45, 7) is 13.9. The Morgan fingerprint density at radius 1 is 1.17 bits per heavy atom. The third kappa shape index (κ3) is 4.25. The molecule has 124 valence electrons. The Morgan fingerprint density at radius 2 is 1.78 bits per heavy atom. The minimum absolute atomic E-state index is 0.158. The first-order valence-corrected chi connectivity index (χ1v) is 9.02. The van der Waals surface area contributed by atoms with Crippen LogP contribution < -0.4 is 5.56 Å². The van der Waals surface area contributed by atoms with Crippen LogP contribution in [0, 0.1) is 13.8 Å². The molecule has 1 heterocycles. The van der Waals surface area contributed by atoms with Gasteiger partial charge in [0.15, 0.2) is 5.16 Å².